The van der Waals surface area contributed by atoms with E-state index in [4.69, 9.17) is 5.11 Å². The molecule has 100 valence electrons. The maximum atomic E-state index is 12.3. The topological polar surface area (TPSA) is 85.1 Å². The number of pyridine rings is 1. The smallest absolute Gasteiger partial charge is 0.303 e. The van der Waals surface area contributed by atoms with E-state index in [-0.39, 0.29) is 24.1 Å². The highest BCUT2D eigenvalue weighted by molar-refractivity contribution is 5.70. The standard InChI is InChI=1S/C13H15N3O3/c1-2-8-16-12-9(4-3-7-14-12)15-10(13(16)19)5-6-11(17)18/h3-4,7H,2,5-6,8H2,1H3,(H,17,18). The molecule has 1 N–H and O–H groups in total. The van der Waals surface area contributed by atoms with Gasteiger partial charge in [-0.2, -0.15) is 0 Å². The Morgan fingerprint density at radius 1 is 1.47 bits per heavy atom. The van der Waals surface area contributed by atoms with Gasteiger partial charge in [-0.25, -0.2) is 9.97 Å². The number of hydrogen-bond donors (Lipinski definition) is 1. The summed E-state index contributed by atoms with van der Waals surface area (Å²) in [6.07, 6.45) is 2.46. The average molecular weight is 261 g/mol. The van der Waals surface area contributed by atoms with Crippen molar-refractivity contribution in [1.82, 2.24) is 14.5 Å². The fourth-order valence-electron chi connectivity index (χ4n) is 1.95. The van der Waals surface area contributed by atoms with Gasteiger partial charge in [-0.3, -0.25) is 14.2 Å². The lowest BCUT2D eigenvalue weighted by Crippen LogP contribution is -2.26. The second-order valence-electron chi connectivity index (χ2n) is 4.26. The molecule has 0 atom stereocenters. The van der Waals surface area contributed by atoms with Crippen LogP contribution >= 0.6 is 0 Å². The maximum Gasteiger partial charge on any atom is 0.303 e. The van der Waals surface area contributed by atoms with E-state index in [0.717, 1.165) is 6.42 Å². The summed E-state index contributed by atoms with van der Waals surface area (Å²) in [6, 6.07) is 3.52. The third kappa shape index (κ3) is 2.78. The summed E-state index contributed by atoms with van der Waals surface area (Å²) in [5.74, 6) is -0.936. The fourth-order valence-corrected chi connectivity index (χ4v) is 1.95. The third-order valence-corrected chi connectivity index (χ3v) is 2.79. The number of nitrogens with zero attached hydrogens (tertiary/aromatic N) is 3. The second kappa shape index (κ2) is 5.60. The molecule has 0 unspecified atom stereocenters. The SMILES string of the molecule is CCCn1c(=O)c(CCC(=O)O)nc2cccnc21. The molecule has 0 aliphatic rings. The van der Waals surface area contributed by atoms with Gasteiger partial charge in [0.2, 0.25) is 0 Å². The summed E-state index contributed by atoms with van der Waals surface area (Å²) in [4.78, 5) is 31.3. The van der Waals surface area contributed by atoms with Crippen LogP contribution in [0.4, 0.5) is 0 Å². The van der Waals surface area contributed by atoms with Gasteiger partial charge in [0, 0.05) is 19.2 Å². The third-order valence-electron chi connectivity index (χ3n) is 2.79. The first-order valence-corrected chi connectivity index (χ1v) is 6.19. The number of aromatic nitrogens is 3. The summed E-state index contributed by atoms with van der Waals surface area (Å²) in [5.41, 5.74) is 1.22. The lowest BCUT2D eigenvalue weighted by Gasteiger charge is -2.09. The second-order valence-corrected chi connectivity index (χ2v) is 4.26. The van der Waals surface area contributed by atoms with Crippen molar-refractivity contribution in [1.29, 1.82) is 0 Å². The summed E-state index contributed by atoms with van der Waals surface area (Å²) in [5, 5.41) is 8.70. The molecule has 0 aromatic carbocycles. The Labute approximate surface area is 109 Å². The van der Waals surface area contributed by atoms with E-state index in [0.29, 0.717) is 17.7 Å². The van der Waals surface area contributed by atoms with Crippen LogP contribution in [0.25, 0.3) is 11.2 Å². The molecule has 0 saturated carbocycles. The van der Waals surface area contributed by atoms with Crippen molar-refractivity contribution in [2.24, 2.45) is 0 Å². The maximum absolute atomic E-state index is 12.3. The summed E-state index contributed by atoms with van der Waals surface area (Å²) in [6.45, 7) is 2.52. The van der Waals surface area contributed by atoms with Crippen LogP contribution in [-0.4, -0.2) is 25.6 Å². The van der Waals surface area contributed by atoms with Crippen molar-refractivity contribution >= 4 is 17.1 Å². The molecule has 6 heteroatoms. The largest absolute Gasteiger partial charge is 0.481 e. The van der Waals surface area contributed by atoms with Gasteiger partial charge in [0.1, 0.15) is 11.2 Å². The van der Waals surface area contributed by atoms with E-state index in [1.54, 1.807) is 22.9 Å². The molecule has 0 radical (unpaired) electrons. The van der Waals surface area contributed by atoms with Crippen LogP contribution in [0.3, 0.4) is 0 Å². The normalized spacial score (nSPS) is 10.8. The Morgan fingerprint density at radius 2 is 2.26 bits per heavy atom. The molecule has 2 aromatic rings. The van der Waals surface area contributed by atoms with Gasteiger partial charge in [0.15, 0.2) is 5.65 Å². The van der Waals surface area contributed by atoms with E-state index < -0.39 is 5.97 Å². The van der Waals surface area contributed by atoms with Gasteiger partial charge in [0.25, 0.3) is 5.56 Å². The first-order valence-electron chi connectivity index (χ1n) is 6.19. The Kier molecular flexibility index (Phi) is 3.89. The highest BCUT2D eigenvalue weighted by atomic mass is 16.4. The molecule has 0 saturated heterocycles. The van der Waals surface area contributed by atoms with Crippen LogP contribution < -0.4 is 5.56 Å². The number of hydrogen-bond acceptors (Lipinski definition) is 4. The van der Waals surface area contributed by atoms with E-state index in [1.807, 2.05) is 6.92 Å². The number of aliphatic carboxylic acids is 1. The zero-order valence-electron chi connectivity index (χ0n) is 10.7. The summed E-state index contributed by atoms with van der Waals surface area (Å²) < 4.78 is 1.57. The van der Waals surface area contributed by atoms with Crippen molar-refractivity contribution in [3.05, 3.63) is 34.4 Å². The minimum atomic E-state index is -0.936. The molecule has 2 aromatic heterocycles. The molecule has 2 heterocycles. The Balaban J connectivity index is 2.56. The van der Waals surface area contributed by atoms with Crippen LogP contribution in [0.5, 0.6) is 0 Å². The van der Waals surface area contributed by atoms with Crippen molar-refractivity contribution in [2.45, 2.75) is 32.7 Å². The quantitative estimate of drug-likeness (QED) is 0.874. The molecule has 2 rings (SSSR count). The minimum Gasteiger partial charge on any atom is -0.481 e. The van der Waals surface area contributed by atoms with Crippen LogP contribution in [0, 0.1) is 0 Å². The van der Waals surface area contributed by atoms with Crippen molar-refractivity contribution < 1.29 is 9.90 Å². The molecule has 0 fully saturated rings. The molecular weight excluding hydrogens is 246 g/mol. The van der Waals surface area contributed by atoms with Gasteiger partial charge in [-0.1, -0.05) is 6.92 Å². The Morgan fingerprint density at radius 3 is 2.95 bits per heavy atom. The zero-order chi connectivity index (χ0) is 13.8. The number of carboxylic acids is 1. The van der Waals surface area contributed by atoms with E-state index in [1.165, 1.54) is 0 Å². The minimum absolute atomic E-state index is 0.0971. The van der Waals surface area contributed by atoms with Crippen LogP contribution in [-0.2, 0) is 17.8 Å². The van der Waals surface area contributed by atoms with Crippen molar-refractivity contribution in [2.75, 3.05) is 0 Å². The first-order chi connectivity index (χ1) is 9.13. The van der Waals surface area contributed by atoms with E-state index in [2.05, 4.69) is 9.97 Å². The molecule has 0 aliphatic heterocycles. The fraction of sp³-hybridized carbons (Fsp3) is 0.385. The molecule has 0 bridgehead atoms. The van der Waals surface area contributed by atoms with Gasteiger partial charge in [0.05, 0.1) is 6.42 Å². The van der Waals surface area contributed by atoms with Gasteiger partial charge in [-0.15, -0.1) is 0 Å². The van der Waals surface area contributed by atoms with Crippen LogP contribution in [0.1, 0.15) is 25.5 Å². The number of aryl methyl sites for hydroxylation is 2. The molecule has 6 nitrogen and oxygen atoms in total. The van der Waals surface area contributed by atoms with Gasteiger partial charge >= 0.3 is 5.97 Å². The summed E-state index contributed by atoms with van der Waals surface area (Å²) in [7, 11) is 0. The molecule has 0 spiro atoms. The molecule has 0 amide bonds. The van der Waals surface area contributed by atoms with Gasteiger partial charge < -0.3 is 5.11 Å². The highest BCUT2D eigenvalue weighted by Crippen LogP contribution is 2.08. The van der Waals surface area contributed by atoms with E-state index >= 15 is 0 Å². The number of carbonyl (C=O) groups is 1. The predicted molar refractivity (Wildman–Crippen MR) is 70.0 cm³/mol. The van der Waals surface area contributed by atoms with Crippen LogP contribution in [0.2, 0.25) is 0 Å². The predicted octanol–water partition coefficient (Wildman–Crippen LogP) is 1.22. The summed E-state index contributed by atoms with van der Waals surface area (Å²) >= 11 is 0. The molecule has 0 aliphatic carbocycles. The van der Waals surface area contributed by atoms with Crippen molar-refractivity contribution in [3.63, 3.8) is 0 Å². The van der Waals surface area contributed by atoms with Crippen LogP contribution in [0.15, 0.2) is 23.1 Å². The highest BCUT2D eigenvalue weighted by Gasteiger charge is 2.12. The Hall–Kier alpha value is -2.24. The lowest BCUT2D eigenvalue weighted by atomic mass is 10.2. The number of fused-ring (bicyclic) bond motifs is 1. The van der Waals surface area contributed by atoms with Gasteiger partial charge in [-0.05, 0) is 18.6 Å². The lowest BCUT2D eigenvalue weighted by molar-refractivity contribution is -0.136. The zero-order valence-corrected chi connectivity index (χ0v) is 10.7. The van der Waals surface area contributed by atoms with E-state index in [9.17, 15) is 9.59 Å². The molecular formula is C13H15N3O3. The monoisotopic (exact) mass is 261 g/mol. The number of rotatable bonds is 5. The molecule has 19 heavy (non-hydrogen) atoms. The van der Waals surface area contributed by atoms with Crippen molar-refractivity contribution in [3.8, 4) is 0 Å². The first kappa shape index (κ1) is 13.2. The average Bonchev–Trinajstić information content (AvgIpc) is 2.40. The Bertz CT molecular complexity index is 664. The number of carboxylic acid groups (broad SMARTS) is 1.